The molecule has 1 aromatic carbocycles. The van der Waals surface area contributed by atoms with Crippen molar-refractivity contribution < 1.29 is 9.59 Å². The Morgan fingerprint density at radius 2 is 2.00 bits per heavy atom. The molecule has 26 heavy (non-hydrogen) atoms. The van der Waals surface area contributed by atoms with Gasteiger partial charge in [-0.2, -0.15) is 0 Å². The molecular weight excluding hydrogens is 346 g/mol. The van der Waals surface area contributed by atoms with Crippen LogP contribution in [0.15, 0.2) is 29.6 Å². The summed E-state index contributed by atoms with van der Waals surface area (Å²) in [6, 6.07) is 8.24. The van der Waals surface area contributed by atoms with E-state index in [4.69, 9.17) is 0 Å². The molecule has 0 spiro atoms. The maximum absolute atomic E-state index is 12.9. The Morgan fingerprint density at radius 3 is 2.65 bits per heavy atom. The Labute approximate surface area is 158 Å². The summed E-state index contributed by atoms with van der Waals surface area (Å²) in [6.45, 7) is 6.78. The summed E-state index contributed by atoms with van der Waals surface area (Å²) < 4.78 is 0. The Morgan fingerprint density at radius 1 is 1.27 bits per heavy atom. The molecular formula is C20H25N3O2S. The minimum absolute atomic E-state index is 0.0476. The van der Waals surface area contributed by atoms with Gasteiger partial charge in [-0.25, -0.2) is 4.98 Å². The quantitative estimate of drug-likeness (QED) is 0.878. The van der Waals surface area contributed by atoms with Gasteiger partial charge in [-0.1, -0.05) is 36.8 Å². The van der Waals surface area contributed by atoms with Crippen LogP contribution in [0.3, 0.4) is 0 Å². The number of thiazole rings is 1. The molecule has 1 aliphatic rings. The van der Waals surface area contributed by atoms with Crippen molar-refractivity contribution in [3.63, 3.8) is 0 Å². The summed E-state index contributed by atoms with van der Waals surface area (Å²) in [7, 11) is 0. The standard InChI is InChI=1S/C20H25N3O2S/c1-4-5-19-22-18(12-26-19)20(25)23-10-16(17(11-23)21-14(3)24)15-8-6-13(2)7-9-15/h6-9,12,16-17H,4-5,10-11H2,1-3H3,(H,21,24)/t16-,17+/m1/s1. The minimum Gasteiger partial charge on any atom is -0.351 e. The van der Waals surface area contributed by atoms with Crippen molar-refractivity contribution in [1.29, 1.82) is 0 Å². The number of benzene rings is 1. The molecule has 0 aliphatic carbocycles. The number of nitrogens with one attached hydrogen (secondary N) is 1. The van der Waals surface area contributed by atoms with E-state index in [0.717, 1.165) is 23.4 Å². The molecule has 0 unspecified atom stereocenters. The SMILES string of the molecule is CCCc1nc(C(=O)N2C[C@H](NC(C)=O)[C@@H](c3ccc(C)cc3)C2)cs1. The molecule has 3 rings (SSSR count). The first-order valence-corrected chi connectivity index (χ1v) is 9.93. The Balaban J connectivity index is 1.79. The minimum atomic E-state index is -0.0760. The molecule has 2 atom stereocenters. The molecule has 0 radical (unpaired) electrons. The summed E-state index contributed by atoms with van der Waals surface area (Å²) in [5.41, 5.74) is 2.86. The van der Waals surface area contributed by atoms with Gasteiger partial charge < -0.3 is 10.2 Å². The fraction of sp³-hybridized carbons (Fsp3) is 0.450. The second-order valence-electron chi connectivity index (χ2n) is 6.91. The first-order chi connectivity index (χ1) is 12.5. The molecule has 6 heteroatoms. The molecule has 1 N–H and O–H groups in total. The van der Waals surface area contributed by atoms with Gasteiger partial charge in [0, 0.05) is 31.3 Å². The van der Waals surface area contributed by atoms with Crippen LogP contribution < -0.4 is 5.32 Å². The van der Waals surface area contributed by atoms with Crippen LogP contribution in [0.4, 0.5) is 0 Å². The normalized spacial score (nSPS) is 19.6. The molecule has 2 heterocycles. The van der Waals surface area contributed by atoms with Crippen molar-refractivity contribution in [3.05, 3.63) is 51.5 Å². The zero-order valence-electron chi connectivity index (χ0n) is 15.5. The summed E-state index contributed by atoms with van der Waals surface area (Å²) in [4.78, 5) is 30.8. The van der Waals surface area contributed by atoms with Gasteiger partial charge in [0.25, 0.3) is 5.91 Å². The highest BCUT2D eigenvalue weighted by molar-refractivity contribution is 7.09. The zero-order valence-corrected chi connectivity index (χ0v) is 16.3. The van der Waals surface area contributed by atoms with Crippen molar-refractivity contribution in [1.82, 2.24) is 15.2 Å². The summed E-state index contributed by atoms with van der Waals surface area (Å²) in [5, 5.41) is 5.87. The maximum Gasteiger partial charge on any atom is 0.273 e. The molecule has 1 saturated heterocycles. The van der Waals surface area contributed by atoms with E-state index < -0.39 is 0 Å². The van der Waals surface area contributed by atoms with E-state index >= 15 is 0 Å². The molecule has 0 saturated carbocycles. The third kappa shape index (κ3) is 4.12. The average Bonchev–Trinajstić information content (AvgIpc) is 3.22. The predicted molar refractivity (Wildman–Crippen MR) is 104 cm³/mol. The third-order valence-corrected chi connectivity index (χ3v) is 5.64. The number of aryl methyl sites for hydroxylation is 2. The summed E-state index contributed by atoms with van der Waals surface area (Å²) in [5.74, 6) is -0.0222. The molecule has 1 aromatic heterocycles. The highest BCUT2D eigenvalue weighted by Crippen LogP contribution is 2.29. The van der Waals surface area contributed by atoms with Crippen molar-refractivity contribution >= 4 is 23.2 Å². The number of likely N-dealkylation sites (tertiary alicyclic amines) is 1. The predicted octanol–water partition coefficient (Wildman–Crippen LogP) is 3.15. The van der Waals surface area contributed by atoms with E-state index in [2.05, 4.69) is 48.4 Å². The summed E-state index contributed by atoms with van der Waals surface area (Å²) in [6.07, 6.45) is 1.92. The van der Waals surface area contributed by atoms with E-state index in [-0.39, 0.29) is 23.8 Å². The molecule has 1 fully saturated rings. The van der Waals surface area contributed by atoms with Gasteiger partial charge in [-0.15, -0.1) is 11.3 Å². The van der Waals surface area contributed by atoms with Gasteiger partial charge in [-0.3, -0.25) is 9.59 Å². The van der Waals surface area contributed by atoms with Crippen LogP contribution in [0.5, 0.6) is 0 Å². The van der Waals surface area contributed by atoms with Crippen LogP contribution in [-0.2, 0) is 11.2 Å². The zero-order chi connectivity index (χ0) is 18.7. The lowest BCUT2D eigenvalue weighted by Crippen LogP contribution is -2.39. The largest absolute Gasteiger partial charge is 0.351 e. The van der Waals surface area contributed by atoms with Crippen LogP contribution in [0, 0.1) is 6.92 Å². The second-order valence-corrected chi connectivity index (χ2v) is 7.85. The number of rotatable bonds is 5. The fourth-order valence-corrected chi connectivity index (χ4v) is 4.30. The van der Waals surface area contributed by atoms with E-state index in [9.17, 15) is 9.59 Å². The number of nitrogens with zero attached hydrogens (tertiary/aromatic N) is 2. The van der Waals surface area contributed by atoms with Gasteiger partial charge in [0.1, 0.15) is 5.69 Å². The van der Waals surface area contributed by atoms with Crippen LogP contribution in [0.25, 0.3) is 0 Å². The molecule has 138 valence electrons. The van der Waals surface area contributed by atoms with E-state index in [1.807, 2.05) is 10.3 Å². The molecule has 5 nitrogen and oxygen atoms in total. The Kier molecular flexibility index (Phi) is 5.71. The lowest BCUT2D eigenvalue weighted by atomic mass is 9.93. The first kappa shape index (κ1) is 18.6. The van der Waals surface area contributed by atoms with Crippen LogP contribution in [0.1, 0.15) is 52.8 Å². The molecule has 0 bridgehead atoms. The van der Waals surface area contributed by atoms with E-state index in [0.29, 0.717) is 18.8 Å². The summed E-state index contributed by atoms with van der Waals surface area (Å²) >= 11 is 1.54. The number of hydrogen-bond acceptors (Lipinski definition) is 4. The van der Waals surface area contributed by atoms with Crippen LogP contribution >= 0.6 is 11.3 Å². The van der Waals surface area contributed by atoms with Gasteiger partial charge >= 0.3 is 0 Å². The van der Waals surface area contributed by atoms with Gasteiger partial charge in [0.05, 0.1) is 11.0 Å². The van der Waals surface area contributed by atoms with E-state index in [1.54, 1.807) is 11.3 Å². The molecule has 2 aromatic rings. The number of carbonyl (C=O) groups excluding carboxylic acids is 2. The van der Waals surface area contributed by atoms with Crippen LogP contribution in [0.2, 0.25) is 0 Å². The fourth-order valence-electron chi connectivity index (χ4n) is 3.43. The maximum atomic E-state index is 12.9. The topological polar surface area (TPSA) is 62.3 Å². The van der Waals surface area contributed by atoms with Crippen LogP contribution in [-0.4, -0.2) is 40.8 Å². The average molecular weight is 372 g/mol. The van der Waals surface area contributed by atoms with E-state index in [1.165, 1.54) is 12.5 Å². The number of amides is 2. The smallest absolute Gasteiger partial charge is 0.273 e. The number of aromatic nitrogens is 1. The number of carbonyl (C=O) groups is 2. The van der Waals surface area contributed by atoms with Gasteiger partial charge in [0.2, 0.25) is 5.91 Å². The lowest BCUT2D eigenvalue weighted by molar-refractivity contribution is -0.119. The Bertz CT molecular complexity index is 785. The van der Waals surface area contributed by atoms with Crippen molar-refractivity contribution in [2.75, 3.05) is 13.1 Å². The monoisotopic (exact) mass is 371 g/mol. The lowest BCUT2D eigenvalue weighted by Gasteiger charge is -2.19. The molecule has 2 amide bonds. The van der Waals surface area contributed by atoms with Crippen molar-refractivity contribution in [2.24, 2.45) is 0 Å². The highest BCUT2D eigenvalue weighted by Gasteiger charge is 2.37. The first-order valence-electron chi connectivity index (χ1n) is 9.05. The Hall–Kier alpha value is -2.21. The van der Waals surface area contributed by atoms with Gasteiger partial charge in [0.15, 0.2) is 0 Å². The number of hydrogen-bond donors (Lipinski definition) is 1. The molecule has 1 aliphatic heterocycles. The second kappa shape index (κ2) is 7.99. The van der Waals surface area contributed by atoms with Crippen molar-refractivity contribution in [3.8, 4) is 0 Å². The van der Waals surface area contributed by atoms with Gasteiger partial charge in [-0.05, 0) is 25.3 Å². The van der Waals surface area contributed by atoms with Crippen molar-refractivity contribution in [2.45, 2.75) is 45.6 Å². The third-order valence-electron chi connectivity index (χ3n) is 4.74. The highest BCUT2D eigenvalue weighted by atomic mass is 32.1.